The number of nitrogens with one attached hydrogen (secondary N) is 1. The molecular formula is C11H25Cl2N3O. The minimum absolute atomic E-state index is 0. The SMILES string of the molecule is CCN1CCC(NC(=O)C(C)CN)CC1.Cl.Cl. The van der Waals surface area contributed by atoms with Gasteiger partial charge in [0, 0.05) is 31.6 Å². The van der Waals surface area contributed by atoms with Crippen molar-refractivity contribution < 1.29 is 4.79 Å². The van der Waals surface area contributed by atoms with E-state index in [0.29, 0.717) is 12.6 Å². The molecule has 4 nitrogen and oxygen atoms in total. The second-order valence-corrected chi connectivity index (χ2v) is 4.35. The summed E-state index contributed by atoms with van der Waals surface area (Å²) in [4.78, 5) is 14.0. The van der Waals surface area contributed by atoms with Gasteiger partial charge >= 0.3 is 0 Å². The topological polar surface area (TPSA) is 58.4 Å². The average molecular weight is 286 g/mol. The summed E-state index contributed by atoms with van der Waals surface area (Å²) in [7, 11) is 0. The van der Waals surface area contributed by atoms with E-state index in [1.807, 2.05) is 6.92 Å². The Hall–Kier alpha value is -0.0300. The van der Waals surface area contributed by atoms with Crippen molar-refractivity contribution in [3.63, 3.8) is 0 Å². The Balaban J connectivity index is 0. The Morgan fingerprint density at radius 3 is 2.35 bits per heavy atom. The van der Waals surface area contributed by atoms with Crippen LogP contribution in [0.3, 0.4) is 0 Å². The molecule has 1 atom stereocenters. The number of nitrogens with zero attached hydrogens (tertiary/aromatic N) is 1. The van der Waals surface area contributed by atoms with Crippen molar-refractivity contribution in [2.24, 2.45) is 11.7 Å². The molecule has 1 rings (SSSR count). The van der Waals surface area contributed by atoms with Crippen molar-refractivity contribution in [3.05, 3.63) is 0 Å². The van der Waals surface area contributed by atoms with Gasteiger partial charge in [0.15, 0.2) is 0 Å². The Morgan fingerprint density at radius 2 is 1.94 bits per heavy atom. The van der Waals surface area contributed by atoms with Crippen LogP contribution in [0.1, 0.15) is 26.7 Å². The smallest absolute Gasteiger partial charge is 0.224 e. The zero-order chi connectivity index (χ0) is 11.3. The maximum absolute atomic E-state index is 11.6. The van der Waals surface area contributed by atoms with E-state index in [1.54, 1.807) is 0 Å². The summed E-state index contributed by atoms with van der Waals surface area (Å²) in [5.74, 6) is 0.0432. The summed E-state index contributed by atoms with van der Waals surface area (Å²) in [6.45, 7) is 7.78. The normalized spacial score (nSPS) is 18.8. The van der Waals surface area contributed by atoms with Crippen molar-refractivity contribution >= 4 is 30.7 Å². The zero-order valence-corrected chi connectivity index (χ0v) is 12.3. The van der Waals surface area contributed by atoms with Crippen molar-refractivity contribution in [2.75, 3.05) is 26.2 Å². The average Bonchev–Trinajstić information content (AvgIpc) is 2.29. The lowest BCUT2D eigenvalue weighted by molar-refractivity contribution is -0.125. The number of amides is 1. The third-order valence-corrected chi connectivity index (χ3v) is 3.18. The molecule has 0 aromatic heterocycles. The van der Waals surface area contributed by atoms with E-state index < -0.39 is 0 Å². The standard InChI is InChI=1S/C11H23N3O.2ClH/c1-3-14-6-4-10(5-7-14)13-11(15)9(2)8-12;;/h9-10H,3-8,12H2,1-2H3,(H,13,15);2*1H. The molecule has 0 radical (unpaired) electrons. The van der Waals surface area contributed by atoms with Gasteiger partial charge in [-0.1, -0.05) is 13.8 Å². The number of carbonyl (C=O) groups excluding carboxylic acids is 1. The predicted molar refractivity (Wildman–Crippen MR) is 76.0 cm³/mol. The molecule has 3 N–H and O–H groups in total. The summed E-state index contributed by atoms with van der Waals surface area (Å²) in [5.41, 5.74) is 5.45. The summed E-state index contributed by atoms with van der Waals surface area (Å²) in [5, 5.41) is 3.07. The molecule has 6 heteroatoms. The van der Waals surface area contributed by atoms with E-state index in [1.165, 1.54) is 0 Å². The zero-order valence-electron chi connectivity index (χ0n) is 10.6. The fraction of sp³-hybridized carbons (Fsp3) is 0.909. The van der Waals surface area contributed by atoms with Crippen LogP contribution in [0.4, 0.5) is 0 Å². The van der Waals surface area contributed by atoms with Crippen LogP contribution >= 0.6 is 24.8 Å². The third kappa shape index (κ3) is 6.46. The van der Waals surface area contributed by atoms with Gasteiger partial charge < -0.3 is 16.0 Å². The first kappa shape index (κ1) is 19.3. The Bertz CT molecular complexity index is 209. The lowest BCUT2D eigenvalue weighted by Crippen LogP contribution is -2.46. The fourth-order valence-corrected chi connectivity index (χ4v) is 1.84. The van der Waals surface area contributed by atoms with Gasteiger partial charge in [-0.15, -0.1) is 24.8 Å². The van der Waals surface area contributed by atoms with Gasteiger partial charge in [-0.3, -0.25) is 4.79 Å². The second-order valence-electron chi connectivity index (χ2n) is 4.35. The van der Waals surface area contributed by atoms with Crippen LogP contribution in [-0.2, 0) is 4.79 Å². The number of likely N-dealkylation sites (tertiary alicyclic amines) is 1. The number of hydrogen-bond donors (Lipinski definition) is 2. The largest absolute Gasteiger partial charge is 0.353 e. The van der Waals surface area contributed by atoms with Gasteiger partial charge in [0.25, 0.3) is 0 Å². The molecule has 1 heterocycles. The van der Waals surface area contributed by atoms with Gasteiger partial charge in [0.05, 0.1) is 0 Å². The number of rotatable bonds is 4. The summed E-state index contributed by atoms with van der Waals surface area (Å²) in [6.07, 6.45) is 2.13. The first-order valence-corrected chi connectivity index (χ1v) is 5.90. The molecule has 0 saturated carbocycles. The lowest BCUT2D eigenvalue weighted by Gasteiger charge is -2.31. The predicted octanol–water partition coefficient (Wildman–Crippen LogP) is 1.03. The molecule has 0 aliphatic carbocycles. The molecule has 1 saturated heterocycles. The molecule has 1 fully saturated rings. The van der Waals surface area contributed by atoms with Gasteiger partial charge in [-0.2, -0.15) is 0 Å². The number of carbonyl (C=O) groups is 1. The first-order chi connectivity index (χ1) is 7.17. The molecule has 1 aliphatic heterocycles. The second kappa shape index (κ2) is 9.95. The minimum atomic E-state index is -0.0609. The highest BCUT2D eigenvalue weighted by molar-refractivity contribution is 5.85. The molecule has 0 bridgehead atoms. The van der Waals surface area contributed by atoms with E-state index in [-0.39, 0.29) is 36.6 Å². The van der Waals surface area contributed by atoms with Gasteiger partial charge in [-0.25, -0.2) is 0 Å². The Labute approximate surface area is 117 Å². The number of nitrogens with two attached hydrogens (primary N) is 1. The summed E-state index contributed by atoms with van der Waals surface area (Å²) >= 11 is 0. The highest BCUT2D eigenvalue weighted by Gasteiger charge is 2.21. The van der Waals surface area contributed by atoms with Crippen LogP contribution in [0, 0.1) is 5.92 Å². The van der Waals surface area contributed by atoms with Crippen molar-refractivity contribution in [3.8, 4) is 0 Å². The van der Waals surface area contributed by atoms with Crippen LogP contribution < -0.4 is 11.1 Å². The van der Waals surface area contributed by atoms with Crippen LogP contribution in [0.2, 0.25) is 0 Å². The van der Waals surface area contributed by atoms with E-state index >= 15 is 0 Å². The fourth-order valence-electron chi connectivity index (χ4n) is 1.84. The molecule has 1 unspecified atom stereocenters. The quantitative estimate of drug-likeness (QED) is 0.811. The Kier molecular flexibility index (Phi) is 11.3. The number of halogens is 2. The van der Waals surface area contributed by atoms with Crippen LogP contribution in [-0.4, -0.2) is 43.0 Å². The maximum Gasteiger partial charge on any atom is 0.224 e. The monoisotopic (exact) mass is 285 g/mol. The van der Waals surface area contributed by atoms with Gasteiger partial charge in [0.1, 0.15) is 0 Å². The molecular weight excluding hydrogens is 261 g/mol. The molecule has 0 spiro atoms. The van der Waals surface area contributed by atoms with Crippen molar-refractivity contribution in [1.29, 1.82) is 0 Å². The van der Waals surface area contributed by atoms with Gasteiger partial charge in [-0.05, 0) is 19.4 Å². The highest BCUT2D eigenvalue weighted by Crippen LogP contribution is 2.10. The summed E-state index contributed by atoms with van der Waals surface area (Å²) in [6, 6.07) is 0.356. The van der Waals surface area contributed by atoms with Crippen LogP contribution in [0.25, 0.3) is 0 Å². The van der Waals surface area contributed by atoms with Crippen LogP contribution in [0.5, 0.6) is 0 Å². The molecule has 1 aliphatic rings. The maximum atomic E-state index is 11.6. The van der Waals surface area contributed by atoms with Crippen molar-refractivity contribution in [2.45, 2.75) is 32.7 Å². The van der Waals surface area contributed by atoms with E-state index in [4.69, 9.17) is 5.73 Å². The van der Waals surface area contributed by atoms with E-state index in [0.717, 1.165) is 32.5 Å². The minimum Gasteiger partial charge on any atom is -0.353 e. The van der Waals surface area contributed by atoms with E-state index in [2.05, 4.69) is 17.1 Å². The number of piperidine rings is 1. The van der Waals surface area contributed by atoms with Crippen molar-refractivity contribution in [1.82, 2.24) is 10.2 Å². The molecule has 1 amide bonds. The molecule has 17 heavy (non-hydrogen) atoms. The van der Waals surface area contributed by atoms with Gasteiger partial charge in [0.2, 0.25) is 5.91 Å². The van der Waals surface area contributed by atoms with E-state index in [9.17, 15) is 4.79 Å². The Morgan fingerprint density at radius 1 is 1.41 bits per heavy atom. The number of hydrogen-bond acceptors (Lipinski definition) is 3. The van der Waals surface area contributed by atoms with Crippen LogP contribution in [0.15, 0.2) is 0 Å². The molecule has 0 aromatic rings. The molecule has 104 valence electrons. The highest BCUT2D eigenvalue weighted by atomic mass is 35.5. The lowest BCUT2D eigenvalue weighted by atomic mass is 10.0. The third-order valence-electron chi connectivity index (χ3n) is 3.18. The summed E-state index contributed by atoms with van der Waals surface area (Å²) < 4.78 is 0. The first-order valence-electron chi connectivity index (χ1n) is 5.90. The molecule has 0 aromatic carbocycles.